The summed E-state index contributed by atoms with van der Waals surface area (Å²) in [4.78, 5) is 0. The first-order valence-electron chi connectivity index (χ1n) is 5.04. The topological polar surface area (TPSA) is 18.5 Å². The Bertz CT molecular complexity index is 302. The van der Waals surface area contributed by atoms with Crippen LogP contribution in [0, 0.1) is 0 Å². The fraction of sp³-hybridized carbons (Fsp3) is 0.455. The number of benzene rings is 1. The third-order valence-electron chi connectivity index (χ3n) is 2.51. The first-order valence-corrected chi connectivity index (χ1v) is 7.02. The van der Waals surface area contributed by atoms with Gasteiger partial charge in [0.25, 0.3) is 0 Å². The van der Waals surface area contributed by atoms with Gasteiger partial charge in [0.2, 0.25) is 0 Å². The van der Waals surface area contributed by atoms with Crippen LogP contribution in [0.1, 0.15) is 24.4 Å². The molecule has 0 heterocycles. The number of halogens is 1. The summed E-state index contributed by atoms with van der Waals surface area (Å²) in [6.45, 7) is 2.14. The second-order valence-electron chi connectivity index (χ2n) is 3.41. The van der Waals surface area contributed by atoms with Gasteiger partial charge in [-0.25, -0.2) is 0 Å². The summed E-state index contributed by atoms with van der Waals surface area (Å²) >= 11 is 5.97. The third kappa shape index (κ3) is 3.31. The minimum Gasteiger partial charge on any atom is -0.400 e. The number of hydrogen-bond donors (Lipinski definition) is 0. The molecule has 1 aromatic carbocycles. The monoisotopic (exact) mass is 244 g/mol. The second kappa shape index (κ2) is 6.28. The van der Waals surface area contributed by atoms with Gasteiger partial charge in [-0.3, -0.25) is 0 Å². The van der Waals surface area contributed by atoms with E-state index in [9.17, 15) is 0 Å². The third-order valence-corrected chi connectivity index (χ3v) is 5.19. The van der Waals surface area contributed by atoms with Gasteiger partial charge in [-0.1, -0.05) is 30.7 Å². The van der Waals surface area contributed by atoms with Crippen molar-refractivity contribution in [2.24, 2.45) is 0 Å². The normalized spacial score (nSPS) is 13.1. The van der Waals surface area contributed by atoms with Crippen LogP contribution in [0.15, 0.2) is 24.3 Å². The largest absolute Gasteiger partial charge is 0.400 e. The van der Waals surface area contributed by atoms with Gasteiger partial charge in [0.15, 0.2) is 0 Å². The van der Waals surface area contributed by atoms with Crippen LogP contribution < -0.4 is 0 Å². The fourth-order valence-corrected chi connectivity index (χ4v) is 3.70. The highest BCUT2D eigenvalue weighted by Gasteiger charge is 2.24. The lowest BCUT2D eigenvalue weighted by Crippen LogP contribution is -2.28. The number of hydrogen-bond acceptors (Lipinski definition) is 2. The zero-order valence-electron chi connectivity index (χ0n) is 9.37. The molecule has 0 spiro atoms. The Kier molecular flexibility index (Phi) is 5.32. The lowest BCUT2D eigenvalue weighted by atomic mass is 10.1. The summed E-state index contributed by atoms with van der Waals surface area (Å²) in [5.41, 5.74) is 1.57. The van der Waals surface area contributed by atoms with Gasteiger partial charge in [0.1, 0.15) is 0 Å². The molecule has 0 amide bonds. The van der Waals surface area contributed by atoms with Crippen molar-refractivity contribution in [2.75, 3.05) is 14.2 Å². The average Bonchev–Trinajstić information content (AvgIpc) is 2.25. The van der Waals surface area contributed by atoms with Gasteiger partial charge in [-0.05, 0) is 24.1 Å². The van der Waals surface area contributed by atoms with E-state index < -0.39 is 9.28 Å². The molecule has 84 valence electrons. The van der Waals surface area contributed by atoms with Gasteiger partial charge >= 0.3 is 9.28 Å². The molecule has 4 heteroatoms. The van der Waals surface area contributed by atoms with E-state index in [1.165, 1.54) is 5.56 Å². The average molecular weight is 245 g/mol. The quantitative estimate of drug-likeness (QED) is 0.742. The molecule has 2 nitrogen and oxygen atoms in total. The van der Waals surface area contributed by atoms with Crippen molar-refractivity contribution in [1.82, 2.24) is 0 Å². The van der Waals surface area contributed by atoms with Crippen molar-refractivity contribution in [2.45, 2.75) is 18.9 Å². The Morgan fingerprint density at radius 2 is 2.00 bits per heavy atom. The zero-order valence-corrected chi connectivity index (χ0v) is 11.3. The van der Waals surface area contributed by atoms with Crippen molar-refractivity contribution in [3.05, 3.63) is 34.9 Å². The van der Waals surface area contributed by atoms with Crippen LogP contribution in [-0.4, -0.2) is 23.5 Å². The highest BCUT2D eigenvalue weighted by molar-refractivity contribution is 6.46. The second-order valence-corrected chi connectivity index (χ2v) is 6.33. The van der Waals surface area contributed by atoms with Crippen LogP contribution in [0.4, 0.5) is 0 Å². The van der Waals surface area contributed by atoms with E-state index in [1.54, 1.807) is 14.2 Å². The van der Waals surface area contributed by atoms with Crippen molar-refractivity contribution in [1.29, 1.82) is 0 Å². The van der Waals surface area contributed by atoms with E-state index >= 15 is 0 Å². The van der Waals surface area contributed by atoms with E-state index in [0.717, 1.165) is 11.4 Å². The van der Waals surface area contributed by atoms with E-state index in [4.69, 9.17) is 20.5 Å². The summed E-state index contributed by atoms with van der Waals surface area (Å²) in [5.74, 6) is 0. The van der Waals surface area contributed by atoms with E-state index in [1.807, 2.05) is 18.2 Å². The molecule has 1 unspecified atom stereocenters. The Morgan fingerprint density at radius 3 is 2.47 bits per heavy atom. The van der Waals surface area contributed by atoms with Crippen molar-refractivity contribution in [3.63, 3.8) is 0 Å². The van der Waals surface area contributed by atoms with Gasteiger partial charge in [0, 0.05) is 24.8 Å². The van der Waals surface area contributed by atoms with Gasteiger partial charge in [0.05, 0.1) is 0 Å². The molecule has 15 heavy (non-hydrogen) atoms. The maximum absolute atomic E-state index is 5.97. The highest BCUT2D eigenvalue weighted by Crippen LogP contribution is 2.25. The Balaban J connectivity index is 2.90. The van der Waals surface area contributed by atoms with Crippen LogP contribution in [0.25, 0.3) is 0 Å². The molecule has 0 radical (unpaired) electrons. The van der Waals surface area contributed by atoms with E-state index in [0.29, 0.717) is 5.54 Å². The molecule has 0 aromatic heterocycles. The van der Waals surface area contributed by atoms with Gasteiger partial charge in [-0.2, -0.15) is 0 Å². The summed E-state index contributed by atoms with van der Waals surface area (Å²) in [7, 11) is 1.82. The maximum atomic E-state index is 5.97. The molecule has 1 atom stereocenters. The van der Waals surface area contributed by atoms with Crippen LogP contribution in [0.3, 0.4) is 0 Å². The molecule has 1 aromatic rings. The van der Waals surface area contributed by atoms with E-state index in [2.05, 4.69) is 13.0 Å². The minimum absolute atomic E-state index is 0.360. The fourth-order valence-electron chi connectivity index (χ4n) is 1.75. The zero-order chi connectivity index (χ0) is 11.3. The predicted molar refractivity (Wildman–Crippen MR) is 65.7 cm³/mol. The van der Waals surface area contributed by atoms with Crippen LogP contribution in [0.5, 0.6) is 0 Å². The van der Waals surface area contributed by atoms with Gasteiger partial charge < -0.3 is 8.85 Å². The maximum Gasteiger partial charge on any atom is 0.328 e. The highest BCUT2D eigenvalue weighted by atomic mass is 35.5. The summed E-state index contributed by atoms with van der Waals surface area (Å²) in [5, 5.41) is 0.769. The van der Waals surface area contributed by atoms with Crippen LogP contribution in [-0.2, 0) is 8.85 Å². The first kappa shape index (κ1) is 12.7. The van der Waals surface area contributed by atoms with Crippen molar-refractivity contribution in [3.8, 4) is 0 Å². The standard InChI is InChI=1S/C11H17ClO2Si/c1-4-11(15(13-2)14-3)9-6-5-7-10(12)8-9/h5-8,11,15H,4H2,1-3H3. The lowest BCUT2D eigenvalue weighted by molar-refractivity contribution is 0.265. The molecular weight excluding hydrogens is 228 g/mol. The summed E-state index contributed by atoms with van der Waals surface area (Å²) in [6.07, 6.45) is 1.01. The smallest absolute Gasteiger partial charge is 0.328 e. The number of rotatable bonds is 5. The Labute approximate surface area is 98.0 Å². The molecule has 0 saturated carbocycles. The summed E-state index contributed by atoms with van der Waals surface area (Å²) < 4.78 is 10.8. The van der Waals surface area contributed by atoms with Crippen molar-refractivity contribution >= 4 is 20.9 Å². The van der Waals surface area contributed by atoms with E-state index in [-0.39, 0.29) is 0 Å². The Hall–Kier alpha value is -0.353. The molecule has 0 fully saturated rings. The van der Waals surface area contributed by atoms with Crippen molar-refractivity contribution < 1.29 is 8.85 Å². The van der Waals surface area contributed by atoms with Crippen LogP contribution in [0.2, 0.25) is 5.02 Å². The molecule has 0 saturated heterocycles. The first-order chi connectivity index (χ1) is 7.22. The Morgan fingerprint density at radius 1 is 1.33 bits per heavy atom. The van der Waals surface area contributed by atoms with Crippen LogP contribution >= 0.6 is 11.6 Å². The molecule has 0 aliphatic carbocycles. The molecule has 0 aliphatic rings. The molecule has 1 rings (SSSR count). The van der Waals surface area contributed by atoms with Gasteiger partial charge in [-0.15, -0.1) is 0 Å². The molecule has 0 bridgehead atoms. The predicted octanol–water partition coefficient (Wildman–Crippen LogP) is 2.89. The lowest BCUT2D eigenvalue weighted by Gasteiger charge is -2.21. The molecular formula is C11H17ClO2Si. The molecule has 0 aliphatic heterocycles. The summed E-state index contributed by atoms with van der Waals surface area (Å²) in [6, 6.07) is 7.93. The molecule has 0 N–H and O–H groups in total. The SMILES string of the molecule is CCC(c1cccc(Cl)c1)[SiH](OC)OC. The minimum atomic E-state index is -1.61.